The fraction of sp³-hybridized carbons (Fsp3) is 0.0714. The molecule has 0 radical (unpaired) electrons. The van der Waals surface area contributed by atoms with Gasteiger partial charge >= 0.3 is 0 Å². The van der Waals surface area contributed by atoms with Gasteiger partial charge in [-0.2, -0.15) is 0 Å². The second-order valence-corrected chi connectivity index (χ2v) is 7.55. The highest BCUT2D eigenvalue weighted by Crippen LogP contribution is 2.20. The van der Waals surface area contributed by atoms with E-state index in [4.69, 9.17) is 0 Å². The smallest absolute Gasteiger partial charge is 0.255 e. The summed E-state index contributed by atoms with van der Waals surface area (Å²) in [6.07, 6.45) is 1.10. The van der Waals surface area contributed by atoms with Crippen molar-refractivity contribution in [2.75, 3.05) is 11.6 Å². The molecule has 2 aromatic carbocycles. The van der Waals surface area contributed by atoms with Crippen molar-refractivity contribution in [2.45, 2.75) is 4.90 Å². The zero-order valence-corrected chi connectivity index (χ0v) is 13.9. The van der Waals surface area contributed by atoms with Crippen molar-refractivity contribution in [1.82, 2.24) is 0 Å². The molecule has 0 aliphatic rings. The summed E-state index contributed by atoms with van der Waals surface area (Å²) < 4.78 is 36.3. The van der Waals surface area contributed by atoms with Crippen LogP contribution in [-0.4, -0.2) is 20.6 Å². The molecule has 2 rings (SSSR count). The van der Waals surface area contributed by atoms with Crippen LogP contribution < -0.4 is 5.32 Å². The van der Waals surface area contributed by atoms with Crippen molar-refractivity contribution in [3.63, 3.8) is 0 Å². The minimum atomic E-state index is -3.29. The number of nitrogens with one attached hydrogen (secondary N) is 1. The molecule has 0 saturated carbocycles. The normalized spacial score (nSPS) is 11.2. The molecule has 2 aromatic rings. The van der Waals surface area contributed by atoms with Crippen LogP contribution in [0.4, 0.5) is 10.1 Å². The Hall–Kier alpha value is -1.48. The molecule has 21 heavy (non-hydrogen) atoms. The molecule has 0 spiro atoms. The van der Waals surface area contributed by atoms with Crippen LogP contribution in [0.2, 0.25) is 0 Å². The van der Waals surface area contributed by atoms with Gasteiger partial charge in [-0.25, -0.2) is 12.8 Å². The Morgan fingerprint density at radius 3 is 2.29 bits per heavy atom. The topological polar surface area (TPSA) is 63.2 Å². The van der Waals surface area contributed by atoms with E-state index in [0.29, 0.717) is 14.8 Å². The van der Waals surface area contributed by atoms with Gasteiger partial charge in [0.05, 0.1) is 10.6 Å². The maximum atomic E-state index is 13.0. The Labute approximate surface area is 135 Å². The average Bonchev–Trinajstić information content (AvgIpc) is 2.41. The van der Waals surface area contributed by atoms with E-state index in [1.54, 1.807) is 0 Å². The third kappa shape index (κ3) is 4.01. The van der Waals surface area contributed by atoms with Gasteiger partial charge in [-0.15, -0.1) is 0 Å². The van der Waals surface area contributed by atoms with Gasteiger partial charge in [-0.05, 0) is 65.1 Å². The fourth-order valence-electron chi connectivity index (χ4n) is 1.64. The average molecular weight is 419 g/mol. The molecule has 1 N–H and O–H groups in total. The van der Waals surface area contributed by atoms with Gasteiger partial charge < -0.3 is 5.32 Å². The maximum Gasteiger partial charge on any atom is 0.255 e. The number of sulfone groups is 1. The van der Waals surface area contributed by atoms with Gasteiger partial charge in [0.1, 0.15) is 5.82 Å². The molecule has 4 nitrogen and oxygen atoms in total. The van der Waals surface area contributed by atoms with E-state index in [-0.39, 0.29) is 16.6 Å². The molecule has 0 fully saturated rings. The number of halogens is 2. The van der Waals surface area contributed by atoms with Crippen molar-refractivity contribution in [3.05, 3.63) is 57.4 Å². The summed E-state index contributed by atoms with van der Waals surface area (Å²) in [6, 6.07) is 9.65. The number of benzene rings is 2. The van der Waals surface area contributed by atoms with Crippen LogP contribution >= 0.6 is 22.6 Å². The van der Waals surface area contributed by atoms with E-state index in [1.807, 2.05) is 22.6 Å². The fourth-order valence-corrected chi connectivity index (χ4v) is 2.88. The summed E-state index contributed by atoms with van der Waals surface area (Å²) in [6.45, 7) is 0. The van der Waals surface area contributed by atoms with Crippen LogP contribution in [-0.2, 0) is 9.84 Å². The van der Waals surface area contributed by atoms with E-state index in [2.05, 4.69) is 5.32 Å². The van der Waals surface area contributed by atoms with Crippen molar-refractivity contribution in [3.8, 4) is 0 Å². The van der Waals surface area contributed by atoms with E-state index in [1.165, 1.54) is 42.5 Å². The van der Waals surface area contributed by atoms with E-state index in [0.717, 1.165) is 6.26 Å². The number of hydrogen-bond donors (Lipinski definition) is 1. The van der Waals surface area contributed by atoms with Crippen molar-refractivity contribution >= 4 is 44.0 Å². The number of amides is 1. The first-order valence-electron chi connectivity index (χ1n) is 5.84. The first-order chi connectivity index (χ1) is 9.77. The lowest BCUT2D eigenvalue weighted by atomic mass is 10.2. The SMILES string of the molecule is CS(=O)(=O)c1ccc(C(=O)Nc2ccc(F)cc2I)cc1. The number of rotatable bonds is 3. The predicted molar refractivity (Wildman–Crippen MR) is 86.6 cm³/mol. The van der Waals surface area contributed by atoms with E-state index >= 15 is 0 Å². The molecule has 110 valence electrons. The molecule has 1 amide bonds. The van der Waals surface area contributed by atoms with Crippen LogP contribution in [0.5, 0.6) is 0 Å². The summed E-state index contributed by atoms with van der Waals surface area (Å²) in [4.78, 5) is 12.2. The largest absolute Gasteiger partial charge is 0.321 e. The highest BCUT2D eigenvalue weighted by atomic mass is 127. The van der Waals surface area contributed by atoms with E-state index in [9.17, 15) is 17.6 Å². The van der Waals surface area contributed by atoms with Crippen LogP contribution in [0, 0.1) is 9.39 Å². The Morgan fingerprint density at radius 2 is 1.76 bits per heavy atom. The number of carbonyl (C=O) groups excluding carboxylic acids is 1. The van der Waals surface area contributed by atoms with Crippen LogP contribution in [0.25, 0.3) is 0 Å². The summed E-state index contributed by atoms with van der Waals surface area (Å²) >= 11 is 1.92. The highest BCUT2D eigenvalue weighted by molar-refractivity contribution is 14.1. The summed E-state index contributed by atoms with van der Waals surface area (Å²) in [7, 11) is -3.29. The van der Waals surface area contributed by atoms with Gasteiger partial charge in [0.25, 0.3) is 5.91 Å². The molecule has 0 bridgehead atoms. The molecule has 0 aliphatic carbocycles. The van der Waals surface area contributed by atoms with E-state index < -0.39 is 9.84 Å². The third-order valence-electron chi connectivity index (χ3n) is 2.72. The number of carbonyl (C=O) groups is 1. The first-order valence-corrected chi connectivity index (χ1v) is 8.81. The predicted octanol–water partition coefficient (Wildman–Crippen LogP) is 3.09. The zero-order valence-electron chi connectivity index (χ0n) is 10.9. The molecule has 0 saturated heterocycles. The molecule has 0 aliphatic heterocycles. The maximum absolute atomic E-state index is 13.0. The zero-order chi connectivity index (χ0) is 15.6. The van der Waals surface area contributed by atoms with Crippen LogP contribution in [0.15, 0.2) is 47.4 Å². The summed E-state index contributed by atoms with van der Waals surface area (Å²) in [5, 5.41) is 2.65. The molecule has 0 heterocycles. The minimum Gasteiger partial charge on any atom is -0.321 e. The van der Waals surface area contributed by atoms with Gasteiger partial charge in [-0.1, -0.05) is 0 Å². The number of anilines is 1. The second kappa shape index (κ2) is 6.10. The molecular weight excluding hydrogens is 408 g/mol. The third-order valence-corrected chi connectivity index (χ3v) is 4.74. The van der Waals surface area contributed by atoms with Crippen molar-refractivity contribution < 1.29 is 17.6 Å². The molecule has 7 heteroatoms. The Morgan fingerprint density at radius 1 is 1.14 bits per heavy atom. The first kappa shape index (κ1) is 15.9. The standard InChI is InChI=1S/C14H11FINO3S/c1-21(19,20)11-5-2-9(3-6-11)14(18)17-13-7-4-10(15)8-12(13)16/h2-8H,1H3,(H,17,18). The van der Waals surface area contributed by atoms with Crippen molar-refractivity contribution in [1.29, 1.82) is 0 Å². The lowest BCUT2D eigenvalue weighted by Gasteiger charge is -2.08. The van der Waals surface area contributed by atoms with Crippen LogP contribution in [0.3, 0.4) is 0 Å². The molecule has 0 aromatic heterocycles. The summed E-state index contributed by atoms with van der Waals surface area (Å²) in [5.41, 5.74) is 0.816. The lowest BCUT2D eigenvalue weighted by Crippen LogP contribution is -2.13. The quantitative estimate of drug-likeness (QED) is 0.778. The highest BCUT2D eigenvalue weighted by Gasteiger charge is 2.11. The van der Waals surface area contributed by atoms with Crippen LogP contribution in [0.1, 0.15) is 10.4 Å². The summed E-state index contributed by atoms with van der Waals surface area (Å²) in [5.74, 6) is -0.769. The molecular formula is C14H11FINO3S. The van der Waals surface area contributed by atoms with Gasteiger partial charge in [0.2, 0.25) is 0 Å². The Bertz CT molecular complexity index is 788. The number of hydrogen-bond acceptors (Lipinski definition) is 3. The lowest BCUT2D eigenvalue weighted by molar-refractivity contribution is 0.102. The monoisotopic (exact) mass is 419 g/mol. The van der Waals surface area contributed by atoms with Gasteiger partial charge in [0.15, 0.2) is 9.84 Å². The minimum absolute atomic E-state index is 0.149. The molecule has 0 unspecified atom stereocenters. The van der Waals surface area contributed by atoms with Crippen molar-refractivity contribution in [2.24, 2.45) is 0 Å². The van der Waals surface area contributed by atoms with Gasteiger partial charge in [0, 0.05) is 15.4 Å². The Balaban J connectivity index is 2.21. The van der Waals surface area contributed by atoms with Gasteiger partial charge in [-0.3, -0.25) is 4.79 Å². The molecule has 0 atom stereocenters. The second-order valence-electron chi connectivity index (χ2n) is 4.37. The Kier molecular flexibility index (Phi) is 4.62.